The van der Waals surface area contributed by atoms with Gasteiger partial charge in [-0.1, -0.05) is 17.2 Å². The highest BCUT2D eigenvalue weighted by atomic mass is 79.9. The Bertz CT molecular complexity index is 1080. The van der Waals surface area contributed by atoms with E-state index in [4.69, 9.17) is 10.3 Å². The van der Waals surface area contributed by atoms with Gasteiger partial charge in [0.15, 0.2) is 0 Å². The Kier molecular flexibility index (Phi) is 9.46. The molecule has 2 N–H and O–H groups in total. The smallest absolute Gasteiger partial charge is 0.282 e. The van der Waals surface area contributed by atoms with Crippen LogP contribution in [0.4, 0.5) is 5.69 Å². The van der Waals surface area contributed by atoms with Crippen LogP contribution < -0.4 is 16.2 Å². The number of azide groups is 1. The molecule has 1 aliphatic rings. The summed E-state index contributed by atoms with van der Waals surface area (Å²) < 4.78 is 7.06. The molecule has 0 unspecified atom stereocenters. The Morgan fingerprint density at radius 2 is 2.06 bits per heavy atom. The molecule has 3 rings (SSSR count). The molecule has 1 aromatic carbocycles. The minimum atomic E-state index is -0.181. The average molecular weight is 533 g/mol. The van der Waals surface area contributed by atoms with Gasteiger partial charge in [-0.05, 0) is 58.5 Å². The lowest BCUT2D eigenvalue weighted by atomic mass is 9.87. The number of likely N-dealkylation sites (N-methyl/N-ethyl adjacent to an activating group) is 1. The van der Waals surface area contributed by atoms with E-state index < -0.39 is 0 Å². The molecule has 1 aliphatic heterocycles. The van der Waals surface area contributed by atoms with Gasteiger partial charge in [-0.25, -0.2) is 4.68 Å². The second-order valence-corrected chi connectivity index (χ2v) is 9.03. The molecule has 0 aliphatic carbocycles. The standard InChI is InChI=1S/C22H29BrN8O3/c1-30-13-17(11-18(14-30)28-19-12-27-31(2)22(33)20(19)23)15-3-5-16(6-4-15)21(32)25-7-9-34-10-8-26-29-24/h3-6,12,17-18,28H,7-11,13-14H2,1-2H3,(H,25,32)/t17-,18+/m0/s1. The number of rotatable bonds is 10. The van der Waals surface area contributed by atoms with Crippen molar-refractivity contribution in [3.63, 3.8) is 0 Å². The van der Waals surface area contributed by atoms with Crippen LogP contribution in [0.3, 0.4) is 0 Å². The van der Waals surface area contributed by atoms with Gasteiger partial charge in [0, 0.05) is 49.7 Å². The van der Waals surface area contributed by atoms with Crippen LogP contribution in [0.25, 0.3) is 10.4 Å². The third kappa shape index (κ3) is 7.04. The molecule has 0 spiro atoms. The highest BCUT2D eigenvalue weighted by Crippen LogP contribution is 2.29. The van der Waals surface area contributed by atoms with Crippen molar-refractivity contribution in [1.82, 2.24) is 20.0 Å². The molecular weight excluding hydrogens is 504 g/mol. The first-order chi connectivity index (χ1) is 16.4. The number of anilines is 1. The molecule has 1 fully saturated rings. The topological polar surface area (TPSA) is 137 Å². The van der Waals surface area contributed by atoms with E-state index in [1.807, 2.05) is 24.3 Å². The number of nitrogens with one attached hydrogen (secondary N) is 2. The van der Waals surface area contributed by atoms with Crippen molar-refractivity contribution in [2.24, 2.45) is 12.2 Å². The molecule has 2 heterocycles. The SMILES string of the molecule is CN1C[C@H](Nc2cnn(C)c(=O)c2Br)C[C@H](c2ccc(C(=O)NCCOCCN=[N+]=[N-])cc2)C1. The van der Waals surface area contributed by atoms with Crippen LogP contribution in [-0.2, 0) is 11.8 Å². The third-order valence-corrected chi connectivity index (χ3v) is 6.41. The summed E-state index contributed by atoms with van der Waals surface area (Å²) in [6.07, 6.45) is 2.55. The number of piperidine rings is 1. The number of halogens is 1. The fourth-order valence-corrected chi connectivity index (χ4v) is 4.47. The number of hydrogen-bond donors (Lipinski definition) is 2. The monoisotopic (exact) mass is 532 g/mol. The summed E-state index contributed by atoms with van der Waals surface area (Å²) in [6, 6.07) is 7.83. The molecule has 2 aromatic rings. The molecule has 182 valence electrons. The molecule has 0 bridgehead atoms. The highest BCUT2D eigenvalue weighted by molar-refractivity contribution is 9.10. The van der Waals surface area contributed by atoms with Gasteiger partial charge < -0.3 is 20.3 Å². The first-order valence-corrected chi connectivity index (χ1v) is 11.8. The third-order valence-electron chi connectivity index (χ3n) is 5.65. The van der Waals surface area contributed by atoms with E-state index in [0.29, 0.717) is 35.5 Å². The van der Waals surface area contributed by atoms with E-state index in [0.717, 1.165) is 25.1 Å². The van der Waals surface area contributed by atoms with Gasteiger partial charge in [0.2, 0.25) is 0 Å². The number of hydrogen-bond acceptors (Lipinski definition) is 7. The quantitative estimate of drug-likeness (QED) is 0.208. The van der Waals surface area contributed by atoms with E-state index in [1.165, 1.54) is 4.68 Å². The molecular formula is C22H29BrN8O3. The minimum Gasteiger partial charge on any atom is -0.379 e. The number of aryl methyl sites for hydroxylation is 1. The van der Waals surface area contributed by atoms with Crippen LogP contribution in [0, 0.1) is 0 Å². The summed E-state index contributed by atoms with van der Waals surface area (Å²) in [5.74, 6) is 0.129. The fraction of sp³-hybridized carbons (Fsp3) is 0.500. The summed E-state index contributed by atoms with van der Waals surface area (Å²) >= 11 is 3.38. The van der Waals surface area contributed by atoms with E-state index in [1.54, 1.807) is 13.2 Å². The summed E-state index contributed by atoms with van der Waals surface area (Å²) in [6.45, 7) is 3.10. The van der Waals surface area contributed by atoms with Crippen LogP contribution >= 0.6 is 15.9 Å². The summed E-state index contributed by atoms with van der Waals surface area (Å²) in [5, 5.41) is 13.8. The van der Waals surface area contributed by atoms with E-state index in [9.17, 15) is 9.59 Å². The summed E-state index contributed by atoms with van der Waals surface area (Å²) in [5.41, 5.74) is 10.5. The number of aromatic nitrogens is 2. The number of ether oxygens (including phenoxy) is 1. The molecule has 12 heteroatoms. The normalized spacial score (nSPS) is 18.2. The Hall–Kier alpha value is -2.92. The molecule has 11 nitrogen and oxygen atoms in total. The predicted molar refractivity (Wildman–Crippen MR) is 133 cm³/mol. The first kappa shape index (κ1) is 25.7. The summed E-state index contributed by atoms with van der Waals surface area (Å²) in [7, 11) is 3.70. The Morgan fingerprint density at radius 3 is 2.79 bits per heavy atom. The van der Waals surface area contributed by atoms with E-state index in [2.05, 4.69) is 53.6 Å². The zero-order valence-corrected chi connectivity index (χ0v) is 20.9. The lowest BCUT2D eigenvalue weighted by Gasteiger charge is -2.37. The molecule has 1 saturated heterocycles. The van der Waals surface area contributed by atoms with Crippen molar-refractivity contribution in [2.75, 3.05) is 51.8 Å². The lowest BCUT2D eigenvalue weighted by molar-refractivity contribution is 0.0920. The van der Waals surface area contributed by atoms with Gasteiger partial charge in [-0.3, -0.25) is 9.59 Å². The van der Waals surface area contributed by atoms with Gasteiger partial charge >= 0.3 is 0 Å². The predicted octanol–water partition coefficient (Wildman–Crippen LogP) is 2.50. The van der Waals surface area contributed by atoms with E-state index >= 15 is 0 Å². The minimum absolute atomic E-state index is 0.149. The largest absolute Gasteiger partial charge is 0.379 e. The number of carbonyl (C=O) groups is 1. The molecule has 0 saturated carbocycles. The Labute approximate surface area is 206 Å². The lowest BCUT2D eigenvalue weighted by Crippen LogP contribution is -2.43. The number of likely N-dealkylation sites (tertiary alicyclic amines) is 1. The highest BCUT2D eigenvalue weighted by Gasteiger charge is 2.27. The van der Waals surface area contributed by atoms with Crippen molar-refractivity contribution in [3.8, 4) is 0 Å². The molecule has 1 aromatic heterocycles. The number of benzene rings is 1. The van der Waals surface area contributed by atoms with Gasteiger partial charge in [0.05, 0.1) is 25.1 Å². The van der Waals surface area contributed by atoms with Gasteiger partial charge in [0.1, 0.15) is 4.47 Å². The van der Waals surface area contributed by atoms with Crippen molar-refractivity contribution >= 4 is 27.5 Å². The average Bonchev–Trinajstić information content (AvgIpc) is 2.83. The van der Waals surface area contributed by atoms with Crippen molar-refractivity contribution < 1.29 is 9.53 Å². The first-order valence-electron chi connectivity index (χ1n) is 11.0. The maximum atomic E-state index is 12.4. The van der Waals surface area contributed by atoms with Crippen LogP contribution in [0.5, 0.6) is 0 Å². The van der Waals surface area contributed by atoms with Crippen LogP contribution in [-0.4, -0.2) is 73.1 Å². The second-order valence-electron chi connectivity index (χ2n) is 8.24. The maximum absolute atomic E-state index is 12.4. The number of nitrogens with zero attached hydrogens (tertiary/aromatic N) is 6. The molecule has 2 atom stereocenters. The van der Waals surface area contributed by atoms with Gasteiger partial charge in [0.25, 0.3) is 11.5 Å². The Morgan fingerprint density at radius 1 is 1.29 bits per heavy atom. The van der Waals surface area contributed by atoms with Crippen LogP contribution in [0.2, 0.25) is 0 Å². The van der Waals surface area contributed by atoms with Crippen molar-refractivity contribution in [3.05, 3.63) is 66.9 Å². The number of carbonyl (C=O) groups excluding carboxylic acids is 1. The van der Waals surface area contributed by atoms with E-state index in [-0.39, 0.29) is 30.0 Å². The zero-order valence-electron chi connectivity index (χ0n) is 19.3. The summed E-state index contributed by atoms with van der Waals surface area (Å²) in [4.78, 5) is 29.4. The van der Waals surface area contributed by atoms with Crippen LogP contribution in [0.1, 0.15) is 28.3 Å². The number of amides is 1. The van der Waals surface area contributed by atoms with Gasteiger partial charge in [-0.2, -0.15) is 5.10 Å². The molecule has 0 radical (unpaired) electrons. The fourth-order valence-electron chi connectivity index (χ4n) is 3.99. The molecule has 1 amide bonds. The zero-order chi connectivity index (χ0) is 24.5. The van der Waals surface area contributed by atoms with Gasteiger partial charge in [-0.15, -0.1) is 0 Å². The maximum Gasteiger partial charge on any atom is 0.282 e. The molecule has 34 heavy (non-hydrogen) atoms. The van der Waals surface area contributed by atoms with Crippen molar-refractivity contribution in [1.29, 1.82) is 0 Å². The Balaban J connectivity index is 1.55. The van der Waals surface area contributed by atoms with Crippen LogP contribution in [0.15, 0.2) is 44.8 Å². The van der Waals surface area contributed by atoms with Crippen molar-refractivity contribution in [2.45, 2.75) is 18.4 Å². The second kappa shape index (κ2) is 12.5.